The summed E-state index contributed by atoms with van der Waals surface area (Å²) < 4.78 is 1.87. The molecule has 0 saturated carbocycles. The largest absolute Gasteiger partial charge is 0.395 e. The van der Waals surface area contributed by atoms with Gasteiger partial charge in [0.05, 0.1) is 17.9 Å². The molecular formula is C15H18N4OS. The van der Waals surface area contributed by atoms with Crippen LogP contribution in [0.25, 0.3) is 16.1 Å². The summed E-state index contributed by atoms with van der Waals surface area (Å²) in [6.45, 7) is 4.66. The van der Waals surface area contributed by atoms with E-state index in [0.29, 0.717) is 6.54 Å². The Bertz CT molecular complexity index is 764. The molecule has 1 N–H and O–H groups in total. The summed E-state index contributed by atoms with van der Waals surface area (Å²) in [5.74, 6) is 0.942. The summed E-state index contributed by atoms with van der Waals surface area (Å²) in [7, 11) is 1.95. The van der Waals surface area contributed by atoms with E-state index in [1.807, 2.05) is 42.4 Å². The molecule has 0 aromatic carbocycles. The van der Waals surface area contributed by atoms with Crippen LogP contribution in [0.1, 0.15) is 11.4 Å². The zero-order valence-corrected chi connectivity index (χ0v) is 13.2. The Hall–Kier alpha value is -1.92. The molecule has 0 fully saturated rings. The zero-order valence-electron chi connectivity index (χ0n) is 12.4. The fourth-order valence-corrected chi connectivity index (χ4v) is 3.29. The van der Waals surface area contributed by atoms with Gasteiger partial charge in [-0.2, -0.15) is 9.61 Å². The molecule has 0 radical (unpaired) electrons. The van der Waals surface area contributed by atoms with Crippen LogP contribution < -0.4 is 4.90 Å². The number of nitrogens with zero attached hydrogens (tertiary/aromatic N) is 4. The van der Waals surface area contributed by atoms with Crippen molar-refractivity contribution in [1.29, 1.82) is 0 Å². The Morgan fingerprint density at radius 2 is 2.19 bits per heavy atom. The van der Waals surface area contributed by atoms with E-state index in [0.717, 1.165) is 28.4 Å². The summed E-state index contributed by atoms with van der Waals surface area (Å²) >= 11 is 1.69. The Morgan fingerprint density at radius 3 is 2.86 bits per heavy atom. The number of rotatable bonds is 4. The molecule has 0 aliphatic rings. The van der Waals surface area contributed by atoms with E-state index in [-0.39, 0.29) is 6.61 Å². The number of aryl methyl sites for hydroxylation is 2. The van der Waals surface area contributed by atoms with Crippen molar-refractivity contribution in [1.82, 2.24) is 14.6 Å². The van der Waals surface area contributed by atoms with Crippen molar-refractivity contribution in [3.8, 4) is 10.4 Å². The van der Waals surface area contributed by atoms with Gasteiger partial charge >= 0.3 is 0 Å². The Kier molecular flexibility index (Phi) is 3.65. The smallest absolute Gasteiger partial charge is 0.166 e. The topological polar surface area (TPSA) is 53.7 Å². The van der Waals surface area contributed by atoms with Crippen LogP contribution in [0.5, 0.6) is 0 Å². The maximum absolute atomic E-state index is 9.16. The molecule has 6 heteroatoms. The monoisotopic (exact) mass is 302 g/mol. The van der Waals surface area contributed by atoms with Crippen molar-refractivity contribution >= 4 is 22.8 Å². The first-order valence-corrected chi connectivity index (χ1v) is 7.72. The van der Waals surface area contributed by atoms with Crippen molar-refractivity contribution in [3.05, 3.63) is 35.0 Å². The zero-order chi connectivity index (χ0) is 15.0. The molecule has 0 amide bonds. The highest BCUT2D eigenvalue weighted by Crippen LogP contribution is 2.32. The van der Waals surface area contributed by atoms with Gasteiger partial charge in [0, 0.05) is 30.2 Å². The lowest BCUT2D eigenvalue weighted by Gasteiger charge is -2.19. The predicted molar refractivity (Wildman–Crippen MR) is 86.1 cm³/mol. The van der Waals surface area contributed by atoms with Crippen LogP contribution in [0.4, 0.5) is 5.82 Å². The number of hydrogen-bond donors (Lipinski definition) is 1. The third kappa shape index (κ3) is 2.41. The fourth-order valence-electron chi connectivity index (χ4n) is 2.47. The number of fused-ring (bicyclic) bond motifs is 1. The molecule has 3 aromatic heterocycles. The van der Waals surface area contributed by atoms with Gasteiger partial charge in [0.25, 0.3) is 0 Å². The Morgan fingerprint density at radius 1 is 1.38 bits per heavy atom. The average molecular weight is 302 g/mol. The van der Waals surface area contributed by atoms with Crippen LogP contribution in [0.2, 0.25) is 0 Å². The van der Waals surface area contributed by atoms with E-state index in [4.69, 9.17) is 5.11 Å². The lowest BCUT2D eigenvalue weighted by Crippen LogP contribution is -2.24. The third-order valence-corrected chi connectivity index (χ3v) is 4.35. The van der Waals surface area contributed by atoms with Crippen LogP contribution in [-0.2, 0) is 0 Å². The molecule has 3 rings (SSSR count). The molecular weight excluding hydrogens is 284 g/mol. The van der Waals surface area contributed by atoms with Crippen molar-refractivity contribution in [3.63, 3.8) is 0 Å². The van der Waals surface area contributed by atoms with Gasteiger partial charge in [0.15, 0.2) is 5.65 Å². The third-order valence-electron chi connectivity index (χ3n) is 3.47. The van der Waals surface area contributed by atoms with Crippen molar-refractivity contribution < 1.29 is 5.11 Å². The van der Waals surface area contributed by atoms with E-state index in [1.54, 1.807) is 11.3 Å². The molecule has 110 valence electrons. The molecule has 0 bridgehead atoms. The molecule has 0 aliphatic heterocycles. The number of hydrogen-bond acceptors (Lipinski definition) is 5. The first-order valence-electron chi connectivity index (χ1n) is 6.84. The SMILES string of the molecule is Cc1cc(N(C)CCO)n2nc(C)c(-c3cccs3)c2n1. The first-order chi connectivity index (χ1) is 10.1. The maximum atomic E-state index is 9.16. The van der Waals surface area contributed by atoms with Gasteiger partial charge in [-0.1, -0.05) is 6.07 Å². The summed E-state index contributed by atoms with van der Waals surface area (Å²) in [6.07, 6.45) is 0. The highest BCUT2D eigenvalue weighted by Gasteiger charge is 2.17. The van der Waals surface area contributed by atoms with E-state index in [9.17, 15) is 0 Å². The number of aliphatic hydroxyl groups excluding tert-OH is 1. The van der Waals surface area contributed by atoms with Gasteiger partial charge in [0.1, 0.15) is 5.82 Å². The molecule has 0 spiro atoms. The lowest BCUT2D eigenvalue weighted by atomic mass is 10.2. The summed E-state index contributed by atoms with van der Waals surface area (Å²) in [5, 5.41) is 15.9. The standard InChI is InChI=1S/C15H18N4OS/c1-10-9-13(18(3)6-7-20)19-15(16-10)14(11(2)17-19)12-5-4-8-21-12/h4-5,8-9,20H,6-7H2,1-3H3. The van der Waals surface area contributed by atoms with Crippen LogP contribution in [0, 0.1) is 13.8 Å². The highest BCUT2D eigenvalue weighted by atomic mass is 32.1. The van der Waals surface area contributed by atoms with Crippen LogP contribution in [0.3, 0.4) is 0 Å². The predicted octanol–water partition coefficient (Wildman–Crippen LogP) is 2.50. The van der Waals surface area contributed by atoms with Crippen molar-refractivity contribution in [2.45, 2.75) is 13.8 Å². The van der Waals surface area contributed by atoms with E-state index >= 15 is 0 Å². The van der Waals surface area contributed by atoms with Gasteiger partial charge in [-0.25, -0.2) is 4.98 Å². The van der Waals surface area contributed by atoms with Crippen molar-refractivity contribution in [2.24, 2.45) is 0 Å². The van der Waals surface area contributed by atoms with Crippen molar-refractivity contribution in [2.75, 3.05) is 25.1 Å². The van der Waals surface area contributed by atoms with Gasteiger partial charge in [-0.05, 0) is 25.3 Å². The molecule has 5 nitrogen and oxygen atoms in total. The van der Waals surface area contributed by atoms with Crippen LogP contribution in [0.15, 0.2) is 23.6 Å². The summed E-state index contributed by atoms with van der Waals surface area (Å²) in [4.78, 5) is 7.84. The summed E-state index contributed by atoms with van der Waals surface area (Å²) in [5.41, 5.74) is 3.87. The quantitative estimate of drug-likeness (QED) is 0.804. The van der Waals surface area contributed by atoms with E-state index in [2.05, 4.69) is 21.5 Å². The Labute approximate surface area is 127 Å². The molecule has 3 heterocycles. The number of aliphatic hydroxyl groups is 1. The van der Waals surface area contributed by atoms with Gasteiger partial charge in [-0.3, -0.25) is 0 Å². The molecule has 3 aromatic rings. The second kappa shape index (κ2) is 5.46. The van der Waals surface area contributed by atoms with Gasteiger partial charge in [0.2, 0.25) is 0 Å². The van der Waals surface area contributed by atoms with E-state index in [1.165, 1.54) is 4.88 Å². The fraction of sp³-hybridized carbons (Fsp3) is 0.333. The molecule has 0 aliphatic carbocycles. The minimum absolute atomic E-state index is 0.109. The number of aromatic nitrogens is 3. The minimum atomic E-state index is 0.109. The Balaban J connectivity index is 2.26. The normalized spacial score (nSPS) is 11.2. The first kappa shape index (κ1) is 14.0. The average Bonchev–Trinajstić information content (AvgIpc) is 3.04. The second-order valence-electron chi connectivity index (χ2n) is 5.07. The number of likely N-dealkylation sites (N-methyl/N-ethyl adjacent to an activating group) is 1. The van der Waals surface area contributed by atoms with Crippen LogP contribution >= 0.6 is 11.3 Å². The van der Waals surface area contributed by atoms with E-state index < -0.39 is 0 Å². The van der Waals surface area contributed by atoms with Gasteiger partial charge in [-0.15, -0.1) is 11.3 Å². The minimum Gasteiger partial charge on any atom is -0.395 e. The highest BCUT2D eigenvalue weighted by molar-refractivity contribution is 7.13. The molecule has 0 unspecified atom stereocenters. The maximum Gasteiger partial charge on any atom is 0.166 e. The lowest BCUT2D eigenvalue weighted by molar-refractivity contribution is 0.303. The van der Waals surface area contributed by atoms with Crippen LogP contribution in [-0.4, -0.2) is 39.9 Å². The number of thiophene rings is 1. The second-order valence-corrected chi connectivity index (χ2v) is 6.02. The summed E-state index contributed by atoms with van der Waals surface area (Å²) in [6, 6.07) is 6.13. The molecule has 0 saturated heterocycles. The number of anilines is 1. The molecule has 21 heavy (non-hydrogen) atoms. The van der Waals surface area contributed by atoms with Gasteiger partial charge < -0.3 is 10.0 Å². The molecule has 0 atom stereocenters.